The second-order valence-corrected chi connectivity index (χ2v) is 7.19. The number of ether oxygens (including phenoxy) is 1. The molecule has 2 heterocycles. The number of benzene rings is 2. The van der Waals surface area contributed by atoms with Gasteiger partial charge in [-0.1, -0.05) is 25.5 Å². The van der Waals surface area contributed by atoms with Crippen molar-refractivity contribution in [3.8, 4) is 5.75 Å². The first kappa shape index (κ1) is 20.4. The Morgan fingerprint density at radius 2 is 1.84 bits per heavy atom. The van der Waals surface area contributed by atoms with Gasteiger partial charge in [0.2, 0.25) is 0 Å². The Labute approximate surface area is 179 Å². The quantitative estimate of drug-likeness (QED) is 0.430. The van der Waals surface area contributed by atoms with Gasteiger partial charge in [-0.15, -0.1) is 0 Å². The SMILES string of the molecule is CCCCOc1ccccc1NC(=O)c1ccc2c(c1)C(=O)N(Cc1ccco1)C2=O. The fourth-order valence-corrected chi connectivity index (χ4v) is 3.35. The Kier molecular flexibility index (Phi) is 5.84. The Morgan fingerprint density at radius 3 is 2.61 bits per heavy atom. The van der Waals surface area contributed by atoms with Crippen LogP contribution in [0.3, 0.4) is 0 Å². The van der Waals surface area contributed by atoms with Gasteiger partial charge >= 0.3 is 0 Å². The van der Waals surface area contributed by atoms with E-state index in [2.05, 4.69) is 12.2 Å². The number of nitrogens with one attached hydrogen (secondary N) is 1. The van der Waals surface area contributed by atoms with Gasteiger partial charge in [0.25, 0.3) is 17.7 Å². The number of carbonyl (C=O) groups excluding carboxylic acids is 3. The molecule has 0 fully saturated rings. The lowest BCUT2D eigenvalue weighted by atomic mass is 10.1. The molecule has 0 saturated carbocycles. The van der Waals surface area contributed by atoms with E-state index in [0.717, 1.165) is 17.7 Å². The Balaban J connectivity index is 1.52. The van der Waals surface area contributed by atoms with Crippen molar-refractivity contribution in [2.75, 3.05) is 11.9 Å². The zero-order chi connectivity index (χ0) is 21.8. The van der Waals surface area contributed by atoms with E-state index in [4.69, 9.17) is 9.15 Å². The highest BCUT2D eigenvalue weighted by Crippen LogP contribution is 2.28. The lowest BCUT2D eigenvalue weighted by Gasteiger charge is -2.12. The lowest BCUT2D eigenvalue weighted by molar-refractivity contribution is 0.0631. The highest BCUT2D eigenvalue weighted by molar-refractivity contribution is 6.22. The van der Waals surface area contributed by atoms with Crippen LogP contribution in [0.25, 0.3) is 0 Å². The number of furan rings is 1. The van der Waals surface area contributed by atoms with Crippen molar-refractivity contribution in [3.05, 3.63) is 83.3 Å². The summed E-state index contributed by atoms with van der Waals surface area (Å²) < 4.78 is 11.0. The molecule has 1 aromatic heterocycles. The second kappa shape index (κ2) is 8.87. The van der Waals surface area contributed by atoms with Gasteiger partial charge in [0.1, 0.15) is 11.5 Å². The average molecular weight is 418 g/mol. The molecule has 0 atom stereocenters. The Morgan fingerprint density at radius 1 is 1.03 bits per heavy atom. The molecule has 0 aliphatic carbocycles. The molecule has 1 aliphatic rings. The van der Waals surface area contributed by atoms with Crippen LogP contribution in [0.1, 0.15) is 56.6 Å². The molecule has 0 bridgehead atoms. The van der Waals surface area contributed by atoms with Crippen LogP contribution in [0.2, 0.25) is 0 Å². The van der Waals surface area contributed by atoms with Crippen LogP contribution in [0.15, 0.2) is 65.3 Å². The van der Waals surface area contributed by atoms with Crippen molar-refractivity contribution in [1.82, 2.24) is 4.90 Å². The van der Waals surface area contributed by atoms with E-state index in [9.17, 15) is 14.4 Å². The predicted octanol–water partition coefficient (Wildman–Crippen LogP) is 4.51. The molecule has 0 spiro atoms. The fourth-order valence-electron chi connectivity index (χ4n) is 3.35. The van der Waals surface area contributed by atoms with Crippen LogP contribution >= 0.6 is 0 Å². The van der Waals surface area contributed by atoms with Crippen LogP contribution in [0.5, 0.6) is 5.75 Å². The number of hydrogen-bond acceptors (Lipinski definition) is 5. The summed E-state index contributed by atoms with van der Waals surface area (Å²) in [6.07, 6.45) is 3.41. The zero-order valence-electron chi connectivity index (χ0n) is 17.1. The molecule has 0 radical (unpaired) electrons. The molecule has 4 rings (SSSR count). The summed E-state index contributed by atoms with van der Waals surface area (Å²) in [5, 5.41) is 2.83. The van der Waals surface area contributed by atoms with Gasteiger partial charge in [0.15, 0.2) is 0 Å². The minimum absolute atomic E-state index is 0.0450. The van der Waals surface area contributed by atoms with Gasteiger partial charge in [0, 0.05) is 5.56 Å². The molecule has 3 amide bonds. The molecule has 1 N–H and O–H groups in total. The standard InChI is InChI=1S/C24H22N2O5/c1-2-3-12-31-21-9-5-4-8-20(21)25-22(27)16-10-11-18-19(14-16)24(29)26(23(18)28)15-17-7-6-13-30-17/h4-11,13-14H,2-3,12,15H2,1H3,(H,25,27). The molecular weight excluding hydrogens is 396 g/mol. The summed E-state index contributed by atoms with van der Waals surface area (Å²) >= 11 is 0. The maximum Gasteiger partial charge on any atom is 0.261 e. The van der Waals surface area contributed by atoms with Crippen molar-refractivity contribution in [2.24, 2.45) is 0 Å². The largest absolute Gasteiger partial charge is 0.491 e. The van der Waals surface area contributed by atoms with Gasteiger partial charge < -0.3 is 14.5 Å². The van der Waals surface area contributed by atoms with Gasteiger partial charge in [0.05, 0.1) is 36.2 Å². The van der Waals surface area contributed by atoms with Crippen molar-refractivity contribution >= 4 is 23.4 Å². The van der Waals surface area contributed by atoms with E-state index in [1.165, 1.54) is 24.5 Å². The molecule has 2 aromatic carbocycles. The number of carbonyl (C=O) groups is 3. The van der Waals surface area contributed by atoms with E-state index in [0.29, 0.717) is 23.8 Å². The van der Waals surface area contributed by atoms with Crippen molar-refractivity contribution in [3.63, 3.8) is 0 Å². The normalized spacial score (nSPS) is 12.7. The first-order valence-corrected chi connectivity index (χ1v) is 10.1. The number of fused-ring (bicyclic) bond motifs is 1. The summed E-state index contributed by atoms with van der Waals surface area (Å²) in [4.78, 5) is 39.3. The highest BCUT2D eigenvalue weighted by atomic mass is 16.5. The molecule has 158 valence electrons. The molecule has 0 saturated heterocycles. The number of amides is 3. The van der Waals surface area contributed by atoms with Gasteiger partial charge in [-0.2, -0.15) is 0 Å². The van der Waals surface area contributed by atoms with E-state index in [-0.39, 0.29) is 29.1 Å². The summed E-state index contributed by atoms with van der Waals surface area (Å²) in [5.41, 5.74) is 1.31. The third-order valence-electron chi connectivity index (χ3n) is 5.02. The summed E-state index contributed by atoms with van der Waals surface area (Å²) in [7, 11) is 0. The molecule has 7 heteroatoms. The smallest absolute Gasteiger partial charge is 0.261 e. The molecular formula is C24H22N2O5. The predicted molar refractivity (Wildman–Crippen MR) is 114 cm³/mol. The molecule has 0 unspecified atom stereocenters. The van der Waals surface area contributed by atoms with Crippen LogP contribution in [0, 0.1) is 0 Å². The number of rotatable bonds is 8. The molecule has 3 aromatic rings. The fraction of sp³-hybridized carbons (Fsp3) is 0.208. The molecule has 7 nitrogen and oxygen atoms in total. The second-order valence-electron chi connectivity index (χ2n) is 7.19. The van der Waals surface area contributed by atoms with Gasteiger partial charge in [-0.3, -0.25) is 19.3 Å². The molecule has 31 heavy (non-hydrogen) atoms. The van der Waals surface area contributed by atoms with Crippen LogP contribution < -0.4 is 10.1 Å². The van der Waals surface area contributed by atoms with Gasteiger partial charge in [-0.25, -0.2) is 0 Å². The van der Waals surface area contributed by atoms with E-state index >= 15 is 0 Å². The number of para-hydroxylation sites is 2. The minimum atomic E-state index is -0.450. The number of nitrogens with zero attached hydrogens (tertiary/aromatic N) is 1. The minimum Gasteiger partial charge on any atom is -0.491 e. The van der Waals surface area contributed by atoms with Crippen LogP contribution in [0.4, 0.5) is 5.69 Å². The van der Waals surface area contributed by atoms with Crippen molar-refractivity contribution < 1.29 is 23.5 Å². The third kappa shape index (κ3) is 4.21. The number of unbranched alkanes of at least 4 members (excludes halogenated alkanes) is 1. The van der Waals surface area contributed by atoms with Crippen molar-refractivity contribution in [1.29, 1.82) is 0 Å². The first-order valence-electron chi connectivity index (χ1n) is 10.1. The summed E-state index contributed by atoms with van der Waals surface area (Å²) in [6.45, 7) is 2.68. The summed E-state index contributed by atoms with van der Waals surface area (Å²) in [6, 6.07) is 15.1. The maximum absolute atomic E-state index is 12.8. The number of anilines is 1. The van der Waals surface area contributed by atoms with E-state index in [1.54, 1.807) is 30.3 Å². The highest BCUT2D eigenvalue weighted by Gasteiger charge is 2.36. The third-order valence-corrected chi connectivity index (χ3v) is 5.02. The van der Waals surface area contributed by atoms with Gasteiger partial charge in [-0.05, 0) is 48.9 Å². The lowest BCUT2D eigenvalue weighted by Crippen LogP contribution is -2.28. The Bertz CT molecular complexity index is 1120. The van der Waals surface area contributed by atoms with E-state index < -0.39 is 11.8 Å². The number of imide groups is 1. The van der Waals surface area contributed by atoms with E-state index in [1.807, 2.05) is 6.07 Å². The monoisotopic (exact) mass is 418 g/mol. The molecule has 1 aliphatic heterocycles. The first-order chi connectivity index (χ1) is 15.1. The Hall–Kier alpha value is -3.87. The average Bonchev–Trinajstić information content (AvgIpc) is 3.38. The van der Waals surface area contributed by atoms with Crippen LogP contribution in [-0.4, -0.2) is 29.2 Å². The zero-order valence-corrected chi connectivity index (χ0v) is 17.1. The topological polar surface area (TPSA) is 88.8 Å². The summed E-state index contributed by atoms with van der Waals surface area (Å²) in [5.74, 6) is -0.153. The maximum atomic E-state index is 12.8. The van der Waals surface area contributed by atoms with Crippen LogP contribution in [-0.2, 0) is 6.54 Å². The number of hydrogen-bond donors (Lipinski definition) is 1. The van der Waals surface area contributed by atoms with Crippen molar-refractivity contribution in [2.45, 2.75) is 26.3 Å².